The van der Waals surface area contributed by atoms with E-state index in [1.165, 1.54) is 37.6 Å². The predicted octanol–water partition coefficient (Wildman–Crippen LogP) is 1.66. The van der Waals surface area contributed by atoms with Crippen LogP contribution in [0.1, 0.15) is 15.9 Å². The molecule has 0 spiro atoms. The van der Waals surface area contributed by atoms with E-state index >= 15 is 0 Å². The minimum absolute atomic E-state index is 0.143. The SMILES string of the molecule is COc1cc(/C=N\N=C(N)N)ccc1OC(=O)c1ccccc1F. The lowest BCUT2D eigenvalue weighted by atomic mass is 10.2. The molecule has 0 aliphatic rings. The molecule has 0 atom stereocenters. The lowest BCUT2D eigenvalue weighted by molar-refractivity contribution is 0.0725. The normalized spacial score (nSPS) is 10.4. The number of esters is 1. The molecular weight excluding hydrogens is 315 g/mol. The van der Waals surface area contributed by atoms with Gasteiger partial charge in [0.25, 0.3) is 0 Å². The maximum atomic E-state index is 13.6. The topological polar surface area (TPSA) is 112 Å². The lowest BCUT2D eigenvalue weighted by Gasteiger charge is -2.10. The van der Waals surface area contributed by atoms with Crippen molar-refractivity contribution in [3.63, 3.8) is 0 Å². The number of hydrogen-bond donors (Lipinski definition) is 2. The van der Waals surface area contributed by atoms with Gasteiger partial charge in [0, 0.05) is 0 Å². The van der Waals surface area contributed by atoms with E-state index < -0.39 is 11.8 Å². The molecule has 0 fully saturated rings. The first kappa shape index (κ1) is 16.9. The second kappa shape index (κ2) is 7.73. The van der Waals surface area contributed by atoms with Crippen LogP contribution >= 0.6 is 0 Å². The molecule has 0 aliphatic carbocycles. The Hall–Kier alpha value is -3.42. The Morgan fingerprint density at radius 2 is 1.92 bits per heavy atom. The molecule has 7 nitrogen and oxygen atoms in total. The monoisotopic (exact) mass is 330 g/mol. The fraction of sp³-hybridized carbons (Fsp3) is 0.0625. The van der Waals surface area contributed by atoms with Crippen LogP contribution in [0.4, 0.5) is 4.39 Å². The van der Waals surface area contributed by atoms with Gasteiger partial charge in [0.2, 0.25) is 5.96 Å². The summed E-state index contributed by atoms with van der Waals surface area (Å²) in [5.74, 6) is -1.25. The molecule has 0 saturated carbocycles. The number of carbonyl (C=O) groups is 1. The molecule has 0 heterocycles. The number of rotatable bonds is 5. The van der Waals surface area contributed by atoms with E-state index in [0.717, 1.165) is 0 Å². The summed E-state index contributed by atoms with van der Waals surface area (Å²) in [5, 5.41) is 7.14. The second-order valence-electron chi connectivity index (χ2n) is 4.55. The number of carbonyl (C=O) groups excluding carboxylic acids is 1. The number of nitrogens with zero attached hydrogens (tertiary/aromatic N) is 2. The molecule has 0 radical (unpaired) electrons. The molecule has 8 heteroatoms. The third-order valence-corrected chi connectivity index (χ3v) is 2.86. The van der Waals surface area contributed by atoms with Crippen LogP contribution in [-0.4, -0.2) is 25.3 Å². The van der Waals surface area contributed by atoms with Crippen molar-refractivity contribution < 1.29 is 18.7 Å². The van der Waals surface area contributed by atoms with Crippen molar-refractivity contribution in [1.82, 2.24) is 0 Å². The molecule has 0 amide bonds. The molecule has 24 heavy (non-hydrogen) atoms. The zero-order chi connectivity index (χ0) is 17.5. The number of nitrogens with two attached hydrogens (primary N) is 2. The summed E-state index contributed by atoms with van der Waals surface area (Å²) in [6.07, 6.45) is 1.39. The molecule has 0 aliphatic heterocycles. The van der Waals surface area contributed by atoms with E-state index in [1.807, 2.05) is 0 Å². The molecule has 2 aromatic carbocycles. The van der Waals surface area contributed by atoms with Gasteiger partial charge in [-0.05, 0) is 35.9 Å². The molecule has 2 rings (SSSR count). The van der Waals surface area contributed by atoms with Gasteiger partial charge in [0.05, 0.1) is 18.9 Å². The van der Waals surface area contributed by atoms with Crippen molar-refractivity contribution in [3.8, 4) is 11.5 Å². The highest BCUT2D eigenvalue weighted by Gasteiger charge is 2.16. The average molecular weight is 330 g/mol. The van der Waals surface area contributed by atoms with Crippen molar-refractivity contribution in [2.45, 2.75) is 0 Å². The average Bonchev–Trinajstić information content (AvgIpc) is 2.56. The minimum Gasteiger partial charge on any atom is -0.493 e. The molecule has 0 aromatic heterocycles. The van der Waals surface area contributed by atoms with Gasteiger partial charge in [0.15, 0.2) is 11.5 Å². The lowest BCUT2D eigenvalue weighted by Crippen LogP contribution is -2.21. The first-order valence-electron chi connectivity index (χ1n) is 6.78. The standard InChI is InChI=1S/C16H15FN4O3/c1-23-14-8-10(9-20-21-16(18)19)6-7-13(14)24-15(22)11-4-2-3-5-12(11)17/h2-9H,1H3,(H4,18,19,21)/b20-9-. The van der Waals surface area contributed by atoms with E-state index in [-0.39, 0.29) is 23.0 Å². The smallest absolute Gasteiger partial charge is 0.346 e. The Bertz CT molecular complexity index is 802. The summed E-state index contributed by atoms with van der Waals surface area (Å²) in [6, 6.07) is 10.2. The van der Waals surface area contributed by atoms with Gasteiger partial charge in [-0.15, -0.1) is 5.10 Å². The van der Waals surface area contributed by atoms with Crippen molar-refractivity contribution in [3.05, 3.63) is 59.4 Å². The van der Waals surface area contributed by atoms with Crippen LogP contribution in [0.2, 0.25) is 0 Å². The highest BCUT2D eigenvalue weighted by molar-refractivity contribution is 5.92. The molecule has 0 unspecified atom stereocenters. The van der Waals surface area contributed by atoms with Crippen molar-refractivity contribution >= 4 is 18.1 Å². The second-order valence-corrected chi connectivity index (χ2v) is 4.55. The van der Waals surface area contributed by atoms with Crippen LogP contribution in [0, 0.1) is 5.82 Å². The van der Waals surface area contributed by atoms with Gasteiger partial charge < -0.3 is 20.9 Å². The molecule has 4 N–H and O–H groups in total. The molecule has 124 valence electrons. The van der Waals surface area contributed by atoms with Gasteiger partial charge in [0.1, 0.15) is 5.82 Å². The molecular formula is C16H15FN4O3. The Balaban J connectivity index is 2.22. The zero-order valence-electron chi connectivity index (χ0n) is 12.8. The van der Waals surface area contributed by atoms with Gasteiger partial charge >= 0.3 is 5.97 Å². The fourth-order valence-corrected chi connectivity index (χ4v) is 1.79. The van der Waals surface area contributed by atoms with E-state index in [0.29, 0.717) is 5.56 Å². The first-order valence-corrected chi connectivity index (χ1v) is 6.78. The summed E-state index contributed by atoms with van der Waals surface area (Å²) in [5.41, 5.74) is 10.8. The van der Waals surface area contributed by atoms with Crippen LogP contribution in [0.15, 0.2) is 52.7 Å². The largest absolute Gasteiger partial charge is 0.493 e. The molecule has 2 aromatic rings. The third kappa shape index (κ3) is 4.29. The van der Waals surface area contributed by atoms with E-state index in [9.17, 15) is 9.18 Å². The van der Waals surface area contributed by atoms with Crippen LogP contribution in [0.25, 0.3) is 0 Å². The number of hydrogen-bond acceptors (Lipinski definition) is 5. The highest BCUT2D eigenvalue weighted by atomic mass is 19.1. The summed E-state index contributed by atoms with van der Waals surface area (Å²) in [4.78, 5) is 12.0. The van der Waals surface area contributed by atoms with Crippen LogP contribution in [0.3, 0.4) is 0 Å². The number of ether oxygens (including phenoxy) is 2. The number of halogens is 1. The minimum atomic E-state index is -0.826. The van der Waals surface area contributed by atoms with Crippen molar-refractivity contribution in [2.75, 3.05) is 7.11 Å². The van der Waals surface area contributed by atoms with E-state index in [4.69, 9.17) is 20.9 Å². The zero-order valence-corrected chi connectivity index (χ0v) is 12.8. The Morgan fingerprint density at radius 3 is 2.58 bits per heavy atom. The van der Waals surface area contributed by atoms with Gasteiger partial charge in [-0.25, -0.2) is 9.18 Å². The molecule has 0 saturated heterocycles. The maximum Gasteiger partial charge on any atom is 0.346 e. The summed E-state index contributed by atoms with van der Waals surface area (Å²) >= 11 is 0. The van der Waals surface area contributed by atoms with Gasteiger partial charge in [-0.2, -0.15) is 5.10 Å². The number of guanidine groups is 1. The maximum absolute atomic E-state index is 13.6. The first-order chi connectivity index (χ1) is 11.5. The van der Waals surface area contributed by atoms with Crippen molar-refractivity contribution in [1.29, 1.82) is 0 Å². The number of benzene rings is 2. The van der Waals surface area contributed by atoms with E-state index in [2.05, 4.69) is 10.2 Å². The highest BCUT2D eigenvalue weighted by Crippen LogP contribution is 2.28. The predicted molar refractivity (Wildman–Crippen MR) is 87.8 cm³/mol. The Morgan fingerprint density at radius 1 is 1.17 bits per heavy atom. The van der Waals surface area contributed by atoms with Gasteiger partial charge in [-0.1, -0.05) is 12.1 Å². The van der Waals surface area contributed by atoms with Crippen LogP contribution < -0.4 is 20.9 Å². The van der Waals surface area contributed by atoms with E-state index in [1.54, 1.807) is 18.2 Å². The van der Waals surface area contributed by atoms with Crippen LogP contribution in [-0.2, 0) is 0 Å². The van der Waals surface area contributed by atoms with Crippen LogP contribution in [0.5, 0.6) is 11.5 Å². The third-order valence-electron chi connectivity index (χ3n) is 2.86. The Labute approximate surface area is 137 Å². The molecule has 0 bridgehead atoms. The number of methoxy groups -OCH3 is 1. The quantitative estimate of drug-likeness (QED) is 0.285. The summed E-state index contributed by atoms with van der Waals surface area (Å²) < 4.78 is 24.0. The van der Waals surface area contributed by atoms with Crippen molar-refractivity contribution in [2.24, 2.45) is 21.7 Å². The Kier molecular flexibility index (Phi) is 5.45. The van der Waals surface area contributed by atoms with Gasteiger partial charge in [-0.3, -0.25) is 0 Å². The fourth-order valence-electron chi connectivity index (χ4n) is 1.79. The summed E-state index contributed by atoms with van der Waals surface area (Å²) in [7, 11) is 1.41. The summed E-state index contributed by atoms with van der Waals surface area (Å²) in [6.45, 7) is 0.